The second-order valence-corrected chi connectivity index (χ2v) is 3.37. The lowest BCUT2D eigenvalue weighted by Gasteiger charge is -2.12. The van der Waals surface area contributed by atoms with Gasteiger partial charge in [-0.25, -0.2) is 4.79 Å². The number of nitrogens with zero attached hydrogens (tertiary/aromatic N) is 1. The summed E-state index contributed by atoms with van der Waals surface area (Å²) in [5, 5.41) is 20.6. The fraction of sp³-hybridized carbons (Fsp3) is 0.222. The van der Waals surface area contributed by atoms with E-state index < -0.39 is 34.1 Å². The van der Waals surface area contributed by atoms with Crippen LogP contribution in [-0.4, -0.2) is 16.1 Å². The van der Waals surface area contributed by atoms with Crippen LogP contribution in [0.5, 0.6) is 0 Å². The van der Waals surface area contributed by atoms with Gasteiger partial charge < -0.3 is 5.11 Å². The molecule has 0 saturated heterocycles. The predicted molar refractivity (Wildman–Crippen MR) is 54.5 cm³/mol. The van der Waals surface area contributed by atoms with Crippen LogP contribution in [0.25, 0.3) is 0 Å². The van der Waals surface area contributed by atoms with Crippen molar-refractivity contribution in [1.29, 1.82) is 0 Å². The molecule has 1 amide bonds. The normalized spacial score (nSPS) is 11.1. The maximum absolute atomic E-state index is 12.6. The van der Waals surface area contributed by atoms with Gasteiger partial charge in [-0.2, -0.15) is 13.2 Å². The van der Waals surface area contributed by atoms with E-state index in [4.69, 9.17) is 5.11 Å². The standard InChI is InChI=1S/C9H7F3N2O4/c1-4-2-7(14(17)18)6(13-8(15)16)3-5(4)9(10,11)12/h2-3,13H,1H3,(H,15,16). The van der Waals surface area contributed by atoms with Crippen LogP contribution >= 0.6 is 0 Å². The maximum atomic E-state index is 12.6. The average Bonchev–Trinajstić information content (AvgIpc) is 2.17. The molecule has 0 fully saturated rings. The summed E-state index contributed by atoms with van der Waals surface area (Å²) < 4.78 is 37.7. The number of nitro groups is 1. The van der Waals surface area contributed by atoms with Gasteiger partial charge >= 0.3 is 12.3 Å². The minimum absolute atomic E-state index is 0.356. The number of benzene rings is 1. The first-order chi connectivity index (χ1) is 8.12. The van der Waals surface area contributed by atoms with Crippen LogP contribution in [0.1, 0.15) is 11.1 Å². The van der Waals surface area contributed by atoms with Crippen molar-refractivity contribution in [1.82, 2.24) is 0 Å². The molecule has 1 aromatic carbocycles. The van der Waals surface area contributed by atoms with Crippen molar-refractivity contribution in [3.63, 3.8) is 0 Å². The van der Waals surface area contributed by atoms with Crippen LogP contribution in [0.4, 0.5) is 29.3 Å². The molecular formula is C9H7F3N2O4. The number of halogens is 3. The zero-order chi connectivity index (χ0) is 14.1. The molecule has 0 aliphatic carbocycles. The van der Waals surface area contributed by atoms with E-state index in [0.717, 1.165) is 6.92 Å². The number of hydrogen-bond donors (Lipinski definition) is 2. The number of nitro benzene ring substituents is 1. The molecule has 6 nitrogen and oxygen atoms in total. The second-order valence-electron chi connectivity index (χ2n) is 3.37. The minimum atomic E-state index is -4.71. The van der Waals surface area contributed by atoms with Gasteiger partial charge in [0.05, 0.1) is 10.5 Å². The van der Waals surface area contributed by atoms with Gasteiger partial charge in [0, 0.05) is 6.07 Å². The molecule has 0 aliphatic heterocycles. The number of carboxylic acid groups (broad SMARTS) is 1. The first-order valence-corrected chi connectivity index (χ1v) is 4.49. The Balaban J connectivity index is 3.45. The largest absolute Gasteiger partial charge is 0.465 e. The van der Waals surface area contributed by atoms with Gasteiger partial charge in [-0.15, -0.1) is 0 Å². The lowest BCUT2D eigenvalue weighted by Crippen LogP contribution is -2.13. The van der Waals surface area contributed by atoms with Gasteiger partial charge in [0.25, 0.3) is 5.69 Å². The molecule has 0 atom stereocenters. The highest BCUT2D eigenvalue weighted by molar-refractivity contribution is 5.86. The third-order valence-electron chi connectivity index (χ3n) is 2.09. The minimum Gasteiger partial charge on any atom is -0.465 e. The van der Waals surface area contributed by atoms with Crippen LogP contribution in [0.15, 0.2) is 12.1 Å². The number of carbonyl (C=O) groups is 1. The zero-order valence-corrected chi connectivity index (χ0v) is 8.91. The van der Waals surface area contributed by atoms with Crippen LogP contribution in [0.3, 0.4) is 0 Å². The SMILES string of the molecule is Cc1cc([N+](=O)[O-])c(NC(=O)O)cc1C(F)(F)F. The van der Waals surface area contributed by atoms with E-state index in [1.54, 1.807) is 5.32 Å². The molecule has 1 aromatic rings. The number of aryl methyl sites for hydroxylation is 1. The van der Waals surface area contributed by atoms with E-state index >= 15 is 0 Å². The molecule has 0 radical (unpaired) electrons. The molecule has 0 heterocycles. The average molecular weight is 264 g/mol. The Morgan fingerprint density at radius 3 is 2.39 bits per heavy atom. The highest BCUT2D eigenvalue weighted by Gasteiger charge is 2.34. The molecule has 0 unspecified atom stereocenters. The quantitative estimate of drug-likeness (QED) is 0.634. The number of alkyl halides is 3. The number of anilines is 1. The van der Waals surface area contributed by atoms with E-state index in [2.05, 4.69) is 0 Å². The van der Waals surface area contributed by atoms with Gasteiger partial charge in [0.15, 0.2) is 0 Å². The summed E-state index contributed by atoms with van der Waals surface area (Å²) in [7, 11) is 0. The first kappa shape index (κ1) is 13.7. The fourth-order valence-corrected chi connectivity index (χ4v) is 1.36. The molecule has 0 bridgehead atoms. The Morgan fingerprint density at radius 1 is 1.44 bits per heavy atom. The van der Waals surface area contributed by atoms with E-state index in [0.29, 0.717) is 12.1 Å². The van der Waals surface area contributed by atoms with Gasteiger partial charge in [0.1, 0.15) is 5.69 Å². The van der Waals surface area contributed by atoms with E-state index in [9.17, 15) is 28.1 Å². The first-order valence-electron chi connectivity index (χ1n) is 4.49. The molecule has 2 N–H and O–H groups in total. The summed E-state index contributed by atoms with van der Waals surface area (Å²) in [5.74, 6) is 0. The van der Waals surface area contributed by atoms with Crippen molar-refractivity contribution in [2.24, 2.45) is 0 Å². The van der Waals surface area contributed by atoms with E-state index in [1.807, 2.05) is 0 Å². The topological polar surface area (TPSA) is 92.5 Å². The maximum Gasteiger partial charge on any atom is 0.416 e. The Hall–Kier alpha value is -2.32. The molecule has 98 valence electrons. The van der Waals surface area contributed by atoms with Crippen molar-refractivity contribution >= 4 is 17.5 Å². The Bertz CT molecular complexity index is 513. The van der Waals surface area contributed by atoms with Crippen LogP contribution in [0, 0.1) is 17.0 Å². The van der Waals surface area contributed by atoms with Crippen molar-refractivity contribution in [3.05, 3.63) is 33.4 Å². The van der Waals surface area contributed by atoms with Gasteiger partial charge in [-0.05, 0) is 18.6 Å². The number of rotatable bonds is 2. The highest BCUT2D eigenvalue weighted by atomic mass is 19.4. The Kier molecular flexibility index (Phi) is 3.44. The van der Waals surface area contributed by atoms with Crippen molar-refractivity contribution < 1.29 is 28.0 Å². The third-order valence-corrected chi connectivity index (χ3v) is 2.09. The Labute approximate surface area is 98.2 Å². The lowest BCUT2D eigenvalue weighted by atomic mass is 10.1. The predicted octanol–water partition coefficient (Wildman–Crippen LogP) is 3.01. The van der Waals surface area contributed by atoms with Crippen molar-refractivity contribution in [2.75, 3.05) is 5.32 Å². The molecule has 1 rings (SSSR count). The molecule has 0 saturated carbocycles. The van der Waals surface area contributed by atoms with Gasteiger partial charge in [-0.3, -0.25) is 15.4 Å². The summed E-state index contributed by atoms with van der Waals surface area (Å²) in [4.78, 5) is 20.0. The molecule has 0 aliphatic rings. The van der Waals surface area contributed by atoms with E-state index in [1.165, 1.54) is 0 Å². The van der Waals surface area contributed by atoms with Gasteiger partial charge in [-0.1, -0.05) is 0 Å². The molecular weight excluding hydrogens is 257 g/mol. The molecule has 18 heavy (non-hydrogen) atoms. The van der Waals surface area contributed by atoms with Crippen LogP contribution in [0.2, 0.25) is 0 Å². The summed E-state index contributed by atoms with van der Waals surface area (Å²) in [5.41, 5.74) is -2.93. The monoisotopic (exact) mass is 264 g/mol. The molecule has 0 spiro atoms. The zero-order valence-electron chi connectivity index (χ0n) is 8.91. The van der Waals surface area contributed by atoms with Crippen molar-refractivity contribution in [2.45, 2.75) is 13.1 Å². The number of hydrogen-bond acceptors (Lipinski definition) is 3. The summed E-state index contributed by atoms with van der Waals surface area (Å²) in [6, 6.07) is 1.08. The second kappa shape index (κ2) is 4.51. The summed E-state index contributed by atoms with van der Waals surface area (Å²) in [6.07, 6.45) is -6.40. The third kappa shape index (κ3) is 2.87. The highest BCUT2D eigenvalue weighted by Crippen LogP contribution is 2.37. The lowest BCUT2D eigenvalue weighted by molar-refractivity contribution is -0.384. The number of amides is 1. The Morgan fingerprint density at radius 2 is 2.00 bits per heavy atom. The van der Waals surface area contributed by atoms with Crippen molar-refractivity contribution in [3.8, 4) is 0 Å². The smallest absolute Gasteiger partial charge is 0.416 e. The van der Waals surface area contributed by atoms with Gasteiger partial charge in [0.2, 0.25) is 0 Å². The summed E-state index contributed by atoms with van der Waals surface area (Å²) >= 11 is 0. The van der Waals surface area contributed by atoms with E-state index in [-0.39, 0.29) is 5.56 Å². The number of nitrogens with one attached hydrogen (secondary N) is 1. The molecule has 9 heteroatoms. The van der Waals surface area contributed by atoms with Crippen LogP contribution in [-0.2, 0) is 6.18 Å². The fourth-order valence-electron chi connectivity index (χ4n) is 1.36. The van der Waals surface area contributed by atoms with Crippen LogP contribution < -0.4 is 5.32 Å². The molecule has 0 aromatic heterocycles. The summed E-state index contributed by atoms with van der Waals surface area (Å²) in [6.45, 7) is 1.06.